The molecule has 1 N–H and O–H groups in total. The van der Waals surface area contributed by atoms with Crippen LogP contribution in [-0.2, 0) is 4.84 Å². The van der Waals surface area contributed by atoms with Crippen molar-refractivity contribution in [2.45, 2.75) is 0 Å². The summed E-state index contributed by atoms with van der Waals surface area (Å²) >= 11 is 12.3. The summed E-state index contributed by atoms with van der Waals surface area (Å²) in [4.78, 5) is 38.4. The van der Waals surface area contributed by atoms with Crippen LogP contribution in [-0.4, -0.2) is 53.8 Å². The fraction of sp³-hybridized carbons (Fsp3) is 0.192. The van der Waals surface area contributed by atoms with Gasteiger partial charge in [-0.15, -0.1) is 0 Å². The van der Waals surface area contributed by atoms with Crippen LogP contribution in [0.4, 0.5) is 24.7 Å². The Bertz CT molecular complexity index is 1620. The van der Waals surface area contributed by atoms with E-state index < -0.39 is 40.0 Å². The van der Waals surface area contributed by atoms with Crippen molar-refractivity contribution >= 4 is 51.6 Å². The molecule has 1 aliphatic rings. The summed E-state index contributed by atoms with van der Waals surface area (Å²) < 4.78 is 44.6. The number of hydrogen-bond acceptors (Lipinski definition) is 6. The maximum atomic E-state index is 15.0. The van der Waals surface area contributed by atoms with Crippen LogP contribution in [0.25, 0.3) is 16.7 Å². The molecule has 8 nitrogen and oxygen atoms in total. The zero-order valence-electron chi connectivity index (χ0n) is 20.4. The molecule has 202 valence electrons. The van der Waals surface area contributed by atoms with Crippen LogP contribution in [0.2, 0.25) is 10.0 Å². The number of carbonyl (C=O) groups is 1. The van der Waals surface area contributed by atoms with Crippen LogP contribution in [0.5, 0.6) is 0 Å². The number of amides is 1. The molecule has 2 aromatic carbocycles. The minimum Gasteiger partial charge on any atom is -0.354 e. The Morgan fingerprint density at radius 1 is 1.00 bits per heavy atom. The molecule has 4 aromatic rings. The minimum atomic E-state index is -1.25. The van der Waals surface area contributed by atoms with Crippen LogP contribution in [0.15, 0.2) is 53.5 Å². The lowest BCUT2D eigenvalue weighted by Crippen LogP contribution is -2.46. The molecule has 0 aliphatic carbocycles. The molecule has 1 fully saturated rings. The second kappa shape index (κ2) is 10.9. The summed E-state index contributed by atoms with van der Waals surface area (Å²) in [5, 5.41) is 4.40. The maximum absolute atomic E-state index is 15.0. The number of nitrogens with zero attached hydrogens (tertiary/aromatic N) is 4. The summed E-state index contributed by atoms with van der Waals surface area (Å²) in [5.74, 6) is -4.12. The van der Waals surface area contributed by atoms with E-state index in [1.165, 1.54) is 18.2 Å². The number of hydroxylamine groups is 2. The van der Waals surface area contributed by atoms with Crippen LogP contribution in [0, 0.1) is 17.5 Å². The van der Waals surface area contributed by atoms with Crippen LogP contribution in [0.3, 0.4) is 0 Å². The highest BCUT2D eigenvalue weighted by molar-refractivity contribution is 6.40. The van der Waals surface area contributed by atoms with E-state index in [1.807, 2.05) is 4.90 Å². The fourth-order valence-corrected chi connectivity index (χ4v) is 4.86. The number of halogens is 5. The highest BCUT2D eigenvalue weighted by atomic mass is 35.5. The van der Waals surface area contributed by atoms with Gasteiger partial charge in [0.25, 0.3) is 5.91 Å². The molecule has 5 rings (SSSR count). The van der Waals surface area contributed by atoms with Crippen molar-refractivity contribution in [1.29, 1.82) is 0 Å². The van der Waals surface area contributed by atoms with Gasteiger partial charge < -0.3 is 15.1 Å². The fourth-order valence-electron chi connectivity index (χ4n) is 4.36. The van der Waals surface area contributed by atoms with Gasteiger partial charge in [0.1, 0.15) is 22.9 Å². The third-order valence-electron chi connectivity index (χ3n) is 6.33. The van der Waals surface area contributed by atoms with Gasteiger partial charge >= 0.3 is 0 Å². The monoisotopic (exact) mass is 577 g/mol. The zero-order chi connectivity index (χ0) is 27.8. The lowest BCUT2D eigenvalue weighted by molar-refractivity contribution is -0.133. The van der Waals surface area contributed by atoms with Crippen molar-refractivity contribution in [3.05, 3.63) is 91.9 Å². The van der Waals surface area contributed by atoms with E-state index in [-0.39, 0.29) is 26.8 Å². The first-order valence-electron chi connectivity index (χ1n) is 11.7. The third-order valence-corrected chi connectivity index (χ3v) is 6.96. The molecule has 13 heteroatoms. The molecule has 1 amide bonds. The molecule has 0 unspecified atom stereocenters. The number of rotatable bonds is 5. The molecule has 0 radical (unpaired) electrons. The first-order valence-corrected chi connectivity index (χ1v) is 12.4. The normalized spacial score (nSPS) is 14.2. The smallest absolute Gasteiger partial charge is 0.261 e. The Balaban J connectivity index is 1.68. The number of hydrogen-bond donors (Lipinski definition) is 1. The van der Waals surface area contributed by atoms with Crippen molar-refractivity contribution in [2.75, 3.05) is 43.5 Å². The van der Waals surface area contributed by atoms with E-state index in [0.29, 0.717) is 44.1 Å². The number of nitrogens with one attached hydrogen (secondary N) is 1. The van der Waals surface area contributed by atoms with E-state index in [9.17, 15) is 22.8 Å². The lowest BCUT2D eigenvalue weighted by Gasteiger charge is -2.33. The first kappa shape index (κ1) is 26.9. The molecular weight excluding hydrogens is 558 g/mol. The number of fused-ring (bicyclic) bond motifs is 1. The molecular formula is C26H20Cl2F3N5O3. The summed E-state index contributed by atoms with van der Waals surface area (Å²) in [6.07, 6.45) is 0.962. The van der Waals surface area contributed by atoms with Gasteiger partial charge in [0.05, 0.1) is 28.2 Å². The Morgan fingerprint density at radius 2 is 1.64 bits per heavy atom. The number of anilines is 2. The topological polar surface area (TPSA) is 79.7 Å². The van der Waals surface area contributed by atoms with Gasteiger partial charge in [0.15, 0.2) is 17.3 Å². The number of para-hydroxylation sites is 1. The highest BCUT2D eigenvalue weighted by Gasteiger charge is 2.24. The second-order valence-electron chi connectivity index (χ2n) is 8.65. The predicted octanol–water partition coefficient (Wildman–Crippen LogP) is 5.05. The second-order valence-corrected chi connectivity index (χ2v) is 9.46. The summed E-state index contributed by atoms with van der Waals surface area (Å²) in [5.41, 5.74) is -1.99. The Labute approximate surface area is 230 Å². The maximum Gasteiger partial charge on any atom is 0.261 e. The Morgan fingerprint density at radius 3 is 2.26 bits per heavy atom. The van der Waals surface area contributed by atoms with Gasteiger partial charge in [-0.25, -0.2) is 18.2 Å². The molecule has 0 saturated carbocycles. The van der Waals surface area contributed by atoms with Gasteiger partial charge in [0.2, 0.25) is 5.43 Å². The zero-order valence-corrected chi connectivity index (χ0v) is 21.9. The largest absolute Gasteiger partial charge is 0.354 e. The summed E-state index contributed by atoms with van der Waals surface area (Å²) in [6.45, 7) is 2.23. The number of carbonyl (C=O) groups excluding carboxylic acids is 1. The molecule has 1 saturated heterocycles. The number of benzene rings is 2. The molecule has 0 atom stereocenters. The standard InChI is InChI=1S/C26H20Cl2F3N5O3/c1-39-35-9-7-34(8-10-35)21-6-5-15-24(37)16(26(38)33-22-17(27)3-2-4-18(22)28)13-36(25(15)32-21)23-19(30)11-14(29)12-20(23)31/h2-6,11-13H,7-10H2,1H3,(H,33,38). The summed E-state index contributed by atoms with van der Waals surface area (Å²) in [7, 11) is 1.57. The SMILES string of the molecule is CON1CCN(c2ccc3c(=O)c(C(=O)Nc4c(Cl)cccc4Cl)cn(-c4c(F)cc(F)cc4F)c3n2)CC1. The summed E-state index contributed by atoms with van der Waals surface area (Å²) in [6, 6.07) is 8.56. The van der Waals surface area contributed by atoms with Crippen LogP contribution < -0.4 is 15.6 Å². The van der Waals surface area contributed by atoms with Gasteiger partial charge in [-0.3, -0.25) is 14.2 Å². The van der Waals surface area contributed by atoms with Crippen molar-refractivity contribution in [1.82, 2.24) is 14.6 Å². The van der Waals surface area contributed by atoms with Gasteiger partial charge in [-0.05, 0) is 24.3 Å². The van der Waals surface area contributed by atoms with E-state index in [2.05, 4.69) is 10.3 Å². The molecule has 39 heavy (non-hydrogen) atoms. The third kappa shape index (κ3) is 5.18. The van der Waals surface area contributed by atoms with E-state index in [1.54, 1.807) is 24.3 Å². The van der Waals surface area contributed by atoms with Gasteiger partial charge in [-0.1, -0.05) is 29.3 Å². The molecule has 3 heterocycles. The van der Waals surface area contributed by atoms with Crippen molar-refractivity contribution in [3.63, 3.8) is 0 Å². The van der Waals surface area contributed by atoms with E-state index in [4.69, 9.17) is 28.0 Å². The Kier molecular flexibility index (Phi) is 7.50. The lowest BCUT2D eigenvalue weighted by atomic mass is 10.1. The quantitative estimate of drug-likeness (QED) is 0.358. The molecule has 0 bridgehead atoms. The highest BCUT2D eigenvalue weighted by Crippen LogP contribution is 2.31. The van der Waals surface area contributed by atoms with Gasteiger partial charge in [-0.2, -0.15) is 5.06 Å². The minimum absolute atomic E-state index is 0.0553. The van der Waals surface area contributed by atoms with Crippen molar-refractivity contribution in [2.24, 2.45) is 0 Å². The van der Waals surface area contributed by atoms with Crippen molar-refractivity contribution in [3.8, 4) is 5.69 Å². The number of pyridine rings is 2. The van der Waals surface area contributed by atoms with Crippen LogP contribution in [0.1, 0.15) is 10.4 Å². The van der Waals surface area contributed by atoms with Crippen molar-refractivity contribution < 1.29 is 22.8 Å². The average Bonchev–Trinajstić information content (AvgIpc) is 2.91. The number of piperazine rings is 1. The molecule has 2 aromatic heterocycles. The van der Waals surface area contributed by atoms with Crippen LogP contribution >= 0.6 is 23.2 Å². The molecule has 1 aliphatic heterocycles. The van der Waals surface area contributed by atoms with E-state index in [0.717, 1.165) is 10.8 Å². The Hall–Kier alpha value is -3.64. The average molecular weight is 578 g/mol. The van der Waals surface area contributed by atoms with Gasteiger partial charge in [0, 0.05) is 44.5 Å². The van der Waals surface area contributed by atoms with E-state index >= 15 is 0 Å². The number of aromatic nitrogens is 2. The first-order chi connectivity index (χ1) is 18.7. The molecule has 0 spiro atoms. The predicted molar refractivity (Wildman–Crippen MR) is 142 cm³/mol.